The predicted octanol–water partition coefficient (Wildman–Crippen LogP) is 5.17. The topological polar surface area (TPSA) is 44.1 Å². The normalized spacial score (nSPS) is 11.0. The molecule has 146 valence electrons. The maximum atomic E-state index is 13.3. The van der Waals surface area contributed by atoms with E-state index < -0.39 is 0 Å². The number of para-hydroxylation sites is 2. The molecule has 1 aromatic heterocycles. The van der Waals surface area contributed by atoms with Crippen LogP contribution in [0.15, 0.2) is 82.7 Å². The first kappa shape index (κ1) is 19.3. The van der Waals surface area contributed by atoms with Crippen LogP contribution in [0.3, 0.4) is 0 Å². The molecule has 0 radical (unpaired) electrons. The molecule has 0 N–H and O–H groups in total. The third-order valence-corrected chi connectivity index (χ3v) is 5.44. The molecule has 0 saturated heterocycles. The number of fused-ring (bicyclic) bond motifs is 1. The molecule has 5 heteroatoms. The first-order chi connectivity index (χ1) is 14.1. The van der Waals surface area contributed by atoms with E-state index in [0.29, 0.717) is 28.4 Å². The summed E-state index contributed by atoms with van der Waals surface area (Å²) in [6, 6.07) is 23.4. The lowest BCUT2D eigenvalue weighted by atomic mass is 10.1. The average molecular weight is 403 g/mol. The average Bonchev–Trinajstić information content (AvgIpc) is 2.71. The van der Waals surface area contributed by atoms with E-state index in [1.165, 1.54) is 11.8 Å². The summed E-state index contributed by atoms with van der Waals surface area (Å²) in [5.74, 6) is 1.52. The number of hydrogen-bond acceptors (Lipinski definition) is 4. The van der Waals surface area contributed by atoms with Crippen LogP contribution in [0.1, 0.15) is 11.1 Å². The molecule has 0 saturated carbocycles. The third-order valence-electron chi connectivity index (χ3n) is 4.54. The second kappa shape index (κ2) is 8.53. The van der Waals surface area contributed by atoms with Gasteiger partial charge in [-0.05, 0) is 61.4 Å². The van der Waals surface area contributed by atoms with Gasteiger partial charge in [-0.25, -0.2) is 4.98 Å². The highest BCUT2D eigenvalue weighted by atomic mass is 32.2. The molecule has 1 heterocycles. The van der Waals surface area contributed by atoms with E-state index in [1.807, 2.05) is 80.6 Å². The smallest absolute Gasteiger partial charge is 0.266 e. The number of thioether (sulfide) groups is 1. The monoisotopic (exact) mass is 402 g/mol. The molecule has 0 aliphatic heterocycles. The molecule has 4 nitrogen and oxygen atoms in total. The Hall–Kier alpha value is -3.05. The zero-order valence-electron chi connectivity index (χ0n) is 16.5. The summed E-state index contributed by atoms with van der Waals surface area (Å²) in [5, 5.41) is 1.30. The van der Waals surface area contributed by atoms with Crippen molar-refractivity contribution in [2.45, 2.75) is 19.0 Å². The summed E-state index contributed by atoms with van der Waals surface area (Å²) in [6.07, 6.45) is 0. The van der Waals surface area contributed by atoms with Gasteiger partial charge in [-0.2, -0.15) is 0 Å². The molecule has 0 fully saturated rings. The summed E-state index contributed by atoms with van der Waals surface area (Å²) in [5.41, 5.74) is 3.74. The van der Waals surface area contributed by atoms with E-state index in [0.717, 1.165) is 22.6 Å². The fourth-order valence-electron chi connectivity index (χ4n) is 3.33. The Balaban J connectivity index is 1.68. The lowest BCUT2D eigenvalue weighted by molar-refractivity contribution is 0.344. The number of nitrogens with zero attached hydrogens (tertiary/aromatic N) is 2. The van der Waals surface area contributed by atoms with Gasteiger partial charge in [-0.3, -0.25) is 9.36 Å². The largest absolute Gasteiger partial charge is 0.493 e. The molecular weight excluding hydrogens is 380 g/mol. The zero-order valence-corrected chi connectivity index (χ0v) is 17.3. The van der Waals surface area contributed by atoms with Crippen molar-refractivity contribution in [2.75, 3.05) is 12.4 Å². The van der Waals surface area contributed by atoms with E-state index in [2.05, 4.69) is 6.07 Å². The summed E-state index contributed by atoms with van der Waals surface area (Å²) >= 11 is 1.53. The van der Waals surface area contributed by atoms with E-state index in [-0.39, 0.29) is 5.56 Å². The van der Waals surface area contributed by atoms with E-state index in [9.17, 15) is 4.79 Å². The Morgan fingerprint density at radius 1 is 0.931 bits per heavy atom. The van der Waals surface area contributed by atoms with E-state index >= 15 is 0 Å². The van der Waals surface area contributed by atoms with Crippen molar-refractivity contribution in [3.05, 3.63) is 94.3 Å². The van der Waals surface area contributed by atoms with Gasteiger partial charge >= 0.3 is 0 Å². The second-order valence-corrected chi connectivity index (χ2v) is 7.97. The molecule has 0 bridgehead atoms. The molecule has 3 aromatic carbocycles. The minimum absolute atomic E-state index is 0.0490. The van der Waals surface area contributed by atoms with Crippen molar-refractivity contribution >= 4 is 22.7 Å². The quantitative estimate of drug-likeness (QED) is 0.253. The van der Waals surface area contributed by atoms with Gasteiger partial charge in [0.25, 0.3) is 5.56 Å². The van der Waals surface area contributed by atoms with Crippen molar-refractivity contribution in [3.8, 4) is 11.4 Å². The molecule has 0 unspecified atom stereocenters. The standard InChI is InChI=1S/C24H22N2O2S/c1-17-14-18(2)16-19(15-17)26-23(27)21-10-6-7-11-22(21)25-24(26)29-13-12-28-20-8-4-3-5-9-20/h3-11,14-16H,12-13H2,1-2H3. The number of hydrogen-bond donors (Lipinski definition) is 0. The van der Waals surface area contributed by atoms with Crippen molar-refractivity contribution in [1.82, 2.24) is 9.55 Å². The zero-order chi connectivity index (χ0) is 20.2. The summed E-state index contributed by atoms with van der Waals surface area (Å²) in [7, 11) is 0. The van der Waals surface area contributed by atoms with E-state index in [1.54, 1.807) is 4.57 Å². The maximum absolute atomic E-state index is 13.3. The highest BCUT2D eigenvalue weighted by molar-refractivity contribution is 7.99. The van der Waals surface area contributed by atoms with Gasteiger partial charge in [0.05, 0.1) is 23.2 Å². The summed E-state index contributed by atoms with van der Waals surface area (Å²) in [4.78, 5) is 18.1. The Labute approximate surface area is 174 Å². The van der Waals surface area contributed by atoms with Crippen LogP contribution in [0.4, 0.5) is 0 Å². The van der Waals surface area contributed by atoms with Crippen molar-refractivity contribution in [1.29, 1.82) is 0 Å². The number of benzene rings is 3. The molecule has 0 atom stereocenters. The molecule has 29 heavy (non-hydrogen) atoms. The number of ether oxygens (including phenoxy) is 1. The van der Waals surface area contributed by atoms with E-state index in [4.69, 9.17) is 9.72 Å². The molecule has 4 rings (SSSR count). The van der Waals surface area contributed by atoms with Gasteiger partial charge in [-0.1, -0.05) is 48.2 Å². The first-order valence-electron chi connectivity index (χ1n) is 9.53. The predicted molar refractivity (Wildman–Crippen MR) is 119 cm³/mol. The third kappa shape index (κ3) is 4.35. The summed E-state index contributed by atoms with van der Waals surface area (Å²) < 4.78 is 7.51. The van der Waals surface area contributed by atoms with Gasteiger partial charge < -0.3 is 4.74 Å². The minimum atomic E-state index is -0.0490. The SMILES string of the molecule is Cc1cc(C)cc(-n2c(SCCOc3ccccc3)nc3ccccc3c2=O)c1. The Morgan fingerprint density at radius 3 is 2.38 bits per heavy atom. The fraction of sp³-hybridized carbons (Fsp3) is 0.167. The number of rotatable bonds is 6. The second-order valence-electron chi connectivity index (χ2n) is 6.91. The first-order valence-corrected chi connectivity index (χ1v) is 10.5. The van der Waals surface area contributed by atoms with Crippen LogP contribution >= 0.6 is 11.8 Å². The van der Waals surface area contributed by atoms with Crippen molar-refractivity contribution in [3.63, 3.8) is 0 Å². The number of aromatic nitrogens is 2. The fourth-order valence-corrected chi connectivity index (χ4v) is 4.16. The van der Waals surface area contributed by atoms with Crippen LogP contribution in [0.2, 0.25) is 0 Å². The van der Waals surface area contributed by atoms with Gasteiger partial charge in [-0.15, -0.1) is 0 Å². The molecule has 4 aromatic rings. The van der Waals surface area contributed by atoms with Crippen molar-refractivity contribution in [2.24, 2.45) is 0 Å². The van der Waals surface area contributed by atoms with Crippen molar-refractivity contribution < 1.29 is 4.74 Å². The van der Waals surface area contributed by atoms with Crippen LogP contribution < -0.4 is 10.3 Å². The molecule has 0 aliphatic carbocycles. The lowest BCUT2D eigenvalue weighted by Gasteiger charge is -2.14. The van der Waals surface area contributed by atoms with Crippen LogP contribution in [0, 0.1) is 13.8 Å². The van der Waals surface area contributed by atoms with Crippen LogP contribution in [-0.4, -0.2) is 21.9 Å². The Kier molecular flexibility index (Phi) is 5.67. The lowest BCUT2D eigenvalue weighted by Crippen LogP contribution is -2.22. The highest BCUT2D eigenvalue weighted by Crippen LogP contribution is 2.23. The Morgan fingerprint density at radius 2 is 1.62 bits per heavy atom. The van der Waals surface area contributed by atoms with Gasteiger partial charge in [0.15, 0.2) is 5.16 Å². The van der Waals surface area contributed by atoms with Crippen LogP contribution in [0.25, 0.3) is 16.6 Å². The maximum Gasteiger partial charge on any atom is 0.266 e. The summed E-state index contributed by atoms with van der Waals surface area (Å²) in [6.45, 7) is 4.61. The van der Waals surface area contributed by atoms with Crippen LogP contribution in [0.5, 0.6) is 5.75 Å². The minimum Gasteiger partial charge on any atom is -0.493 e. The molecule has 0 spiro atoms. The van der Waals surface area contributed by atoms with Gasteiger partial charge in [0.2, 0.25) is 0 Å². The Bertz CT molecular complexity index is 1180. The molecule has 0 amide bonds. The highest BCUT2D eigenvalue weighted by Gasteiger charge is 2.14. The van der Waals surface area contributed by atoms with Gasteiger partial charge in [0, 0.05) is 5.75 Å². The number of aryl methyl sites for hydroxylation is 2. The van der Waals surface area contributed by atoms with Crippen LogP contribution in [-0.2, 0) is 0 Å². The molecule has 0 aliphatic rings. The van der Waals surface area contributed by atoms with Gasteiger partial charge in [0.1, 0.15) is 5.75 Å². The molecular formula is C24H22N2O2S.